The molecule has 4 heteroatoms. The molecule has 0 bridgehead atoms. The number of amides is 1. The SMILES string of the molecule is Cc1ccc(Cn2ccc(NC(=O)c3cccc4ccccc34)n2)cc1. The first-order valence-corrected chi connectivity index (χ1v) is 8.57. The van der Waals surface area contributed by atoms with E-state index in [9.17, 15) is 4.79 Å². The monoisotopic (exact) mass is 341 g/mol. The third-order valence-electron chi connectivity index (χ3n) is 4.38. The lowest BCUT2D eigenvalue weighted by atomic mass is 10.0. The van der Waals surface area contributed by atoms with Gasteiger partial charge in [0.1, 0.15) is 0 Å². The Morgan fingerprint density at radius 2 is 1.73 bits per heavy atom. The number of nitrogens with zero attached hydrogens (tertiary/aromatic N) is 2. The number of rotatable bonds is 4. The second-order valence-electron chi connectivity index (χ2n) is 6.36. The molecule has 0 aliphatic rings. The van der Waals surface area contributed by atoms with Gasteiger partial charge in [0.2, 0.25) is 0 Å². The van der Waals surface area contributed by atoms with Crippen LogP contribution in [0.3, 0.4) is 0 Å². The first-order valence-electron chi connectivity index (χ1n) is 8.57. The summed E-state index contributed by atoms with van der Waals surface area (Å²) in [6.07, 6.45) is 1.87. The van der Waals surface area contributed by atoms with Crippen LogP contribution in [0.4, 0.5) is 5.82 Å². The Balaban J connectivity index is 1.51. The van der Waals surface area contributed by atoms with E-state index in [2.05, 4.69) is 41.6 Å². The van der Waals surface area contributed by atoms with Gasteiger partial charge in [-0.25, -0.2) is 0 Å². The predicted molar refractivity (Wildman–Crippen MR) is 104 cm³/mol. The van der Waals surface area contributed by atoms with Gasteiger partial charge < -0.3 is 5.32 Å². The van der Waals surface area contributed by atoms with Crippen LogP contribution in [-0.4, -0.2) is 15.7 Å². The zero-order chi connectivity index (χ0) is 17.9. The van der Waals surface area contributed by atoms with Crippen LogP contribution < -0.4 is 5.32 Å². The molecule has 0 fully saturated rings. The van der Waals surface area contributed by atoms with Gasteiger partial charge in [0.05, 0.1) is 6.54 Å². The molecule has 128 valence electrons. The summed E-state index contributed by atoms with van der Waals surface area (Å²) in [7, 11) is 0. The van der Waals surface area contributed by atoms with E-state index in [0.717, 1.165) is 10.8 Å². The molecule has 0 spiro atoms. The third kappa shape index (κ3) is 3.35. The molecule has 1 amide bonds. The number of hydrogen-bond donors (Lipinski definition) is 1. The summed E-state index contributed by atoms with van der Waals surface area (Å²) in [6, 6.07) is 23.8. The lowest BCUT2D eigenvalue weighted by Crippen LogP contribution is -2.13. The van der Waals surface area contributed by atoms with E-state index in [1.54, 1.807) is 0 Å². The highest BCUT2D eigenvalue weighted by Crippen LogP contribution is 2.19. The molecule has 1 heterocycles. The average molecular weight is 341 g/mol. The van der Waals surface area contributed by atoms with Crippen molar-refractivity contribution in [2.75, 3.05) is 5.32 Å². The molecular weight excluding hydrogens is 322 g/mol. The number of benzene rings is 3. The minimum absolute atomic E-state index is 0.151. The Labute approximate surface area is 152 Å². The lowest BCUT2D eigenvalue weighted by Gasteiger charge is -2.06. The molecule has 1 N–H and O–H groups in total. The van der Waals surface area contributed by atoms with Crippen molar-refractivity contribution in [2.45, 2.75) is 13.5 Å². The van der Waals surface area contributed by atoms with Crippen LogP contribution in [-0.2, 0) is 6.54 Å². The standard InChI is InChI=1S/C22H19N3O/c1-16-9-11-17(12-10-16)15-25-14-13-21(24-25)23-22(26)20-8-4-6-18-5-2-3-7-19(18)20/h2-14H,15H2,1H3,(H,23,24,26). The molecule has 0 atom stereocenters. The van der Waals surface area contributed by atoms with Crippen molar-refractivity contribution in [1.29, 1.82) is 0 Å². The van der Waals surface area contributed by atoms with E-state index in [1.165, 1.54) is 11.1 Å². The molecule has 0 saturated carbocycles. The van der Waals surface area contributed by atoms with Gasteiger partial charge in [-0.2, -0.15) is 5.10 Å². The third-order valence-corrected chi connectivity index (χ3v) is 4.38. The van der Waals surface area contributed by atoms with Crippen molar-refractivity contribution < 1.29 is 4.79 Å². The van der Waals surface area contributed by atoms with E-state index >= 15 is 0 Å². The highest BCUT2D eigenvalue weighted by molar-refractivity contribution is 6.12. The molecule has 4 aromatic rings. The fraction of sp³-hybridized carbons (Fsp3) is 0.0909. The van der Waals surface area contributed by atoms with E-state index < -0.39 is 0 Å². The summed E-state index contributed by atoms with van der Waals surface area (Å²) >= 11 is 0. The van der Waals surface area contributed by atoms with Crippen molar-refractivity contribution in [3.05, 3.63) is 95.7 Å². The molecule has 0 unspecified atom stereocenters. The zero-order valence-corrected chi connectivity index (χ0v) is 14.5. The number of nitrogens with one attached hydrogen (secondary N) is 1. The molecule has 0 saturated heterocycles. The average Bonchev–Trinajstić information content (AvgIpc) is 3.10. The van der Waals surface area contributed by atoms with Crippen molar-refractivity contribution in [1.82, 2.24) is 9.78 Å². The lowest BCUT2D eigenvalue weighted by molar-refractivity contribution is 0.102. The highest BCUT2D eigenvalue weighted by atomic mass is 16.1. The maximum Gasteiger partial charge on any atom is 0.257 e. The first-order chi connectivity index (χ1) is 12.7. The Morgan fingerprint density at radius 1 is 0.962 bits per heavy atom. The van der Waals surface area contributed by atoms with Gasteiger partial charge in [0, 0.05) is 17.8 Å². The molecule has 0 aliphatic carbocycles. The number of anilines is 1. The predicted octanol–water partition coefficient (Wildman–Crippen LogP) is 4.65. The quantitative estimate of drug-likeness (QED) is 0.587. The number of aryl methyl sites for hydroxylation is 1. The van der Waals surface area contributed by atoms with E-state index in [4.69, 9.17) is 0 Å². The molecule has 0 aliphatic heterocycles. The van der Waals surface area contributed by atoms with Gasteiger partial charge in [-0.1, -0.05) is 66.2 Å². The summed E-state index contributed by atoms with van der Waals surface area (Å²) in [5, 5.41) is 9.34. The van der Waals surface area contributed by atoms with Crippen LogP contribution in [0.25, 0.3) is 10.8 Å². The second-order valence-corrected chi connectivity index (χ2v) is 6.36. The summed E-state index contributed by atoms with van der Waals surface area (Å²) in [4.78, 5) is 12.7. The minimum Gasteiger partial charge on any atom is -0.305 e. The van der Waals surface area contributed by atoms with Crippen LogP contribution in [0, 0.1) is 6.92 Å². The number of fused-ring (bicyclic) bond motifs is 1. The number of aromatic nitrogens is 2. The fourth-order valence-electron chi connectivity index (χ4n) is 3.00. The minimum atomic E-state index is -0.151. The van der Waals surface area contributed by atoms with E-state index in [-0.39, 0.29) is 5.91 Å². The van der Waals surface area contributed by atoms with Crippen molar-refractivity contribution in [3.63, 3.8) is 0 Å². The van der Waals surface area contributed by atoms with Crippen LogP contribution in [0.2, 0.25) is 0 Å². The van der Waals surface area contributed by atoms with Gasteiger partial charge in [0.15, 0.2) is 5.82 Å². The fourth-order valence-corrected chi connectivity index (χ4v) is 3.00. The second kappa shape index (κ2) is 6.84. The van der Waals surface area contributed by atoms with E-state index in [0.29, 0.717) is 17.9 Å². The molecular formula is C22H19N3O. The molecule has 0 radical (unpaired) electrons. The highest BCUT2D eigenvalue weighted by Gasteiger charge is 2.11. The van der Waals surface area contributed by atoms with Crippen molar-refractivity contribution >= 4 is 22.5 Å². The van der Waals surface area contributed by atoms with Crippen molar-refractivity contribution in [3.8, 4) is 0 Å². The largest absolute Gasteiger partial charge is 0.305 e. The summed E-state index contributed by atoms with van der Waals surface area (Å²) in [5.41, 5.74) is 3.05. The Bertz CT molecular complexity index is 1060. The van der Waals surface area contributed by atoms with E-state index in [1.807, 2.05) is 59.4 Å². The topological polar surface area (TPSA) is 46.9 Å². The van der Waals surface area contributed by atoms with Crippen molar-refractivity contribution in [2.24, 2.45) is 0 Å². The number of hydrogen-bond acceptors (Lipinski definition) is 2. The van der Waals surface area contributed by atoms with Gasteiger partial charge >= 0.3 is 0 Å². The maximum atomic E-state index is 12.7. The smallest absolute Gasteiger partial charge is 0.257 e. The molecule has 26 heavy (non-hydrogen) atoms. The Hall–Kier alpha value is -3.40. The number of carbonyl (C=O) groups is 1. The van der Waals surface area contributed by atoms with Crippen LogP contribution >= 0.6 is 0 Å². The van der Waals surface area contributed by atoms with Gasteiger partial charge in [-0.05, 0) is 29.3 Å². The van der Waals surface area contributed by atoms with Crippen LogP contribution in [0.15, 0.2) is 79.0 Å². The zero-order valence-electron chi connectivity index (χ0n) is 14.5. The maximum absolute atomic E-state index is 12.7. The summed E-state index contributed by atoms with van der Waals surface area (Å²) in [5.74, 6) is 0.400. The molecule has 4 nitrogen and oxygen atoms in total. The van der Waals surface area contributed by atoms with Gasteiger partial charge in [-0.3, -0.25) is 9.48 Å². The van der Waals surface area contributed by atoms with Crippen LogP contribution in [0.5, 0.6) is 0 Å². The summed E-state index contributed by atoms with van der Waals surface area (Å²) in [6.45, 7) is 2.74. The summed E-state index contributed by atoms with van der Waals surface area (Å²) < 4.78 is 1.82. The number of carbonyl (C=O) groups excluding carboxylic acids is 1. The Kier molecular flexibility index (Phi) is 4.23. The normalized spacial score (nSPS) is 10.8. The molecule has 1 aromatic heterocycles. The van der Waals surface area contributed by atoms with Crippen LogP contribution in [0.1, 0.15) is 21.5 Å². The Morgan fingerprint density at radius 3 is 2.58 bits per heavy atom. The first kappa shape index (κ1) is 16.1. The molecule has 3 aromatic carbocycles. The van der Waals surface area contributed by atoms with Gasteiger partial charge in [-0.15, -0.1) is 0 Å². The van der Waals surface area contributed by atoms with Gasteiger partial charge in [0.25, 0.3) is 5.91 Å². The molecule has 4 rings (SSSR count).